The molecule has 0 aromatic heterocycles. The topological polar surface area (TPSA) is 40.6 Å². The predicted octanol–water partition coefficient (Wildman–Crippen LogP) is 3.28. The average molecular weight is 359 g/mol. The van der Waals surface area contributed by atoms with Gasteiger partial charge in [0, 0.05) is 31.7 Å². The van der Waals surface area contributed by atoms with Crippen LogP contribution >= 0.6 is 0 Å². The third kappa shape index (κ3) is 3.94. The summed E-state index contributed by atoms with van der Waals surface area (Å²) >= 11 is 0. The van der Waals surface area contributed by atoms with E-state index >= 15 is 0 Å². The van der Waals surface area contributed by atoms with E-state index in [1.807, 2.05) is 37.3 Å². The molecule has 1 fully saturated rings. The molecule has 1 aliphatic rings. The van der Waals surface area contributed by atoms with Gasteiger partial charge in [0.2, 0.25) is 10.0 Å². The van der Waals surface area contributed by atoms with E-state index in [2.05, 4.69) is 30.9 Å². The van der Waals surface area contributed by atoms with Crippen LogP contribution in [0.25, 0.3) is 0 Å². The lowest BCUT2D eigenvalue weighted by Crippen LogP contribution is -2.57. The monoisotopic (exact) mass is 358 g/mol. The van der Waals surface area contributed by atoms with Gasteiger partial charge in [-0.1, -0.05) is 48.0 Å². The van der Waals surface area contributed by atoms with E-state index in [1.165, 1.54) is 5.56 Å². The molecule has 1 heterocycles. The summed E-state index contributed by atoms with van der Waals surface area (Å²) in [6, 6.07) is 17.8. The van der Waals surface area contributed by atoms with Crippen LogP contribution < -0.4 is 0 Å². The first-order valence-electron chi connectivity index (χ1n) is 8.74. The largest absolute Gasteiger partial charge is 0.291 e. The maximum atomic E-state index is 13.0. The van der Waals surface area contributed by atoms with Crippen LogP contribution in [0.2, 0.25) is 0 Å². The quantitative estimate of drug-likeness (QED) is 0.842. The minimum Gasteiger partial charge on any atom is -0.291 e. The summed E-state index contributed by atoms with van der Waals surface area (Å²) in [5.74, 6) is 0. The molecule has 3 rings (SSSR count). The van der Waals surface area contributed by atoms with Gasteiger partial charge in [-0.3, -0.25) is 4.90 Å². The van der Waals surface area contributed by atoms with Crippen molar-refractivity contribution in [2.45, 2.75) is 44.3 Å². The van der Waals surface area contributed by atoms with Crippen molar-refractivity contribution in [2.75, 3.05) is 13.1 Å². The first-order valence-corrected chi connectivity index (χ1v) is 10.2. The summed E-state index contributed by atoms with van der Waals surface area (Å²) in [6.45, 7) is 8.07. The summed E-state index contributed by atoms with van der Waals surface area (Å²) in [7, 11) is -3.43. The number of benzene rings is 2. The summed E-state index contributed by atoms with van der Waals surface area (Å²) in [6.07, 6.45) is 0. The molecule has 134 valence electrons. The predicted molar refractivity (Wildman–Crippen MR) is 101 cm³/mol. The Bertz CT molecular complexity index is 791. The normalized spacial score (nSPS) is 22.8. The Kier molecular flexibility index (Phi) is 5.27. The molecule has 0 aliphatic carbocycles. The zero-order chi connectivity index (χ0) is 18.0. The maximum Gasteiger partial charge on any atom is 0.243 e. The molecule has 0 spiro atoms. The van der Waals surface area contributed by atoms with E-state index in [-0.39, 0.29) is 12.1 Å². The van der Waals surface area contributed by atoms with Gasteiger partial charge in [0.15, 0.2) is 0 Å². The lowest BCUT2D eigenvalue weighted by atomic mass is 10.1. The van der Waals surface area contributed by atoms with Crippen molar-refractivity contribution in [1.82, 2.24) is 9.21 Å². The number of hydrogen-bond donors (Lipinski definition) is 0. The minimum absolute atomic E-state index is 0.171. The van der Waals surface area contributed by atoms with Crippen LogP contribution in [0.4, 0.5) is 0 Å². The van der Waals surface area contributed by atoms with Crippen LogP contribution in [-0.4, -0.2) is 42.8 Å². The second-order valence-corrected chi connectivity index (χ2v) is 8.93. The Hall–Kier alpha value is -1.69. The number of nitrogens with zero attached hydrogens (tertiary/aromatic N) is 2. The Morgan fingerprint density at radius 2 is 1.48 bits per heavy atom. The van der Waals surface area contributed by atoms with Crippen molar-refractivity contribution in [3.05, 3.63) is 65.7 Å². The van der Waals surface area contributed by atoms with Gasteiger partial charge in [-0.2, -0.15) is 4.31 Å². The van der Waals surface area contributed by atoms with E-state index in [0.29, 0.717) is 18.0 Å². The van der Waals surface area contributed by atoms with Crippen LogP contribution in [-0.2, 0) is 16.6 Å². The van der Waals surface area contributed by atoms with Gasteiger partial charge >= 0.3 is 0 Å². The molecule has 0 N–H and O–H groups in total. The molecule has 2 unspecified atom stereocenters. The fourth-order valence-electron chi connectivity index (χ4n) is 3.47. The average Bonchev–Trinajstić information content (AvgIpc) is 2.59. The lowest BCUT2D eigenvalue weighted by molar-refractivity contribution is 0.0699. The maximum absolute atomic E-state index is 13.0. The number of sulfonamides is 1. The third-order valence-corrected chi connectivity index (χ3v) is 6.78. The van der Waals surface area contributed by atoms with E-state index in [9.17, 15) is 8.42 Å². The van der Waals surface area contributed by atoms with E-state index in [0.717, 1.165) is 12.1 Å². The highest BCUT2D eigenvalue weighted by Crippen LogP contribution is 2.24. The van der Waals surface area contributed by atoms with E-state index in [4.69, 9.17) is 0 Å². The standard InChI is InChI=1S/C20H26N2O2S/c1-16-9-11-20(12-10-16)25(23,24)21-13-17(2)22(18(3)14-21)15-19-7-5-4-6-8-19/h4-12,17-18H,13-15H2,1-3H3. The van der Waals surface area contributed by atoms with Crippen molar-refractivity contribution in [2.24, 2.45) is 0 Å². The molecule has 0 radical (unpaired) electrons. The molecular weight excluding hydrogens is 332 g/mol. The van der Waals surface area contributed by atoms with Gasteiger partial charge in [-0.05, 0) is 38.5 Å². The number of aryl methyl sites for hydroxylation is 1. The lowest BCUT2D eigenvalue weighted by Gasteiger charge is -2.43. The van der Waals surface area contributed by atoms with Crippen molar-refractivity contribution >= 4 is 10.0 Å². The van der Waals surface area contributed by atoms with Gasteiger partial charge in [0.25, 0.3) is 0 Å². The second-order valence-electron chi connectivity index (χ2n) is 6.99. The first kappa shape index (κ1) is 18.1. The van der Waals surface area contributed by atoms with Gasteiger partial charge in [0.1, 0.15) is 0 Å². The van der Waals surface area contributed by atoms with Crippen LogP contribution in [0.1, 0.15) is 25.0 Å². The highest BCUT2D eigenvalue weighted by molar-refractivity contribution is 7.89. The highest BCUT2D eigenvalue weighted by atomic mass is 32.2. The third-order valence-electron chi connectivity index (χ3n) is 4.93. The molecule has 5 heteroatoms. The molecule has 2 aromatic rings. The molecule has 2 aromatic carbocycles. The molecule has 2 atom stereocenters. The van der Waals surface area contributed by atoms with Crippen molar-refractivity contribution in [3.8, 4) is 0 Å². The molecule has 1 aliphatic heterocycles. The Balaban J connectivity index is 1.76. The van der Waals surface area contributed by atoms with Crippen LogP contribution in [0.5, 0.6) is 0 Å². The van der Waals surface area contributed by atoms with Crippen LogP contribution in [0, 0.1) is 6.92 Å². The van der Waals surface area contributed by atoms with Gasteiger partial charge in [-0.15, -0.1) is 0 Å². The fraction of sp³-hybridized carbons (Fsp3) is 0.400. The molecular formula is C20H26N2O2S. The van der Waals surface area contributed by atoms with Crippen LogP contribution in [0.15, 0.2) is 59.5 Å². The van der Waals surface area contributed by atoms with E-state index < -0.39 is 10.0 Å². The zero-order valence-electron chi connectivity index (χ0n) is 15.1. The molecule has 0 saturated carbocycles. The first-order chi connectivity index (χ1) is 11.9. The summed E-state index contributed by atoms with van der Waals surface area (Å²) in [4.78, 5) is 2.77. The summed E-state index contributed by atoms with van der Waals surface area (Å²) in [5, 5.41) is 0. The highest BCUT2D eigenvalue weighted by Gasteiger charge is 2.35. The molecule has 4 nitrogen and oxygen atoms in total. The molecule has 1 saturated heterocycles. The summed E-state index contributed by atoms with van der Waals surface area (Å²) < 4.78 is 27.6. The van der Waals surface area contributed by atoms with Crippen molar-refractivity contribution < 1.29 is 8.42 Å². The van der Waals surface area contributed by atoms with Crippen molar-refractivity contribution in [1.29, 1.82) is 0 Å². The molecule has 25 heavy (non-hydrogen) atoms. The van der Waals surface area contributed by atoms with Gasteiger partial charge < -0.3 is 0 Å². The summed E-state index contributed by atoms with van der Waals surface area (Å²) in [5.41, 5.74) is 2.32. The number of rotatable bonds is 4. The Morgan fingerprint density at radius 3 is 2.04 bits per heavy atom. The number of hydrogen-bond acceptors (Lipinski definition) is 3. The Morgan fingerprint density at radius 1 is 0.920 bits per heavy atom. The smallest absolute Gasteiger partial charge is 0.243 e. The van der Waals surface area contributed by atoms with E-state index in [1.54, 1.807) is 16.4 Å². The van der Waals surface area contributed by atoms with Crippen molar-refractivity contribution in [3.63, 3.8) is 0 Å². The number of piperazine rings is 1. The van der Waals surface area contributed by atoms with Crippen LogP contribution in [0.3, 0.4) is 0 Å². The second kappa shape index (κ2) is 7.28. The Labute approximate surface area is 151 Å². The van der Waals surface area contributed by atoms with Gasteiger partial charge in [0.05, 0.1) is 4.90 Å². The minimum atomic E-state index is -3.43. The zero-order valence-corrected chi connectivity index (χ0v) is 15.9. The van der Waals surface area contributed by atoms with Gasteiger partial charge in [-0.25, -0.2) is 8.42 Å². The SMILES string of the molecule is Cc1ccc(S(=O)(=O)N2CC(C)N(Cc3ccccc3)C(C)C2)cc1. The molecule has 0 bridgehead atoms. The molecule has 0 amide bonds. The fourth-order valence-corrected chi connectivity index (χ4v) is 5.07.